The molecule has 2 rings (SSSR count). The minimum atomic E-state index is -3.36. The molecule has 0 heterocycles. The Labute approximate surface area is 104 Å². The zero-order valence-electron chi connectivity index (χ0n) is 9.00. The van der Waals surface area contributed by atoms with Crippen molar-refractivity contribution < 1.29 is 18.3 Å². The lowest BCUT2D eigenvalue weighted by Crippen LogP contribution is -2.10. The van der Waals surface area contributed by atoms with Gasteiger partial charge in [-0.05, 0) is 17.7 Å². The molecule has 0 saturated heterocycles. The summed E-state index contributed by atoms with van der Waals surface area (Å²) in [4.78, 5) is 11.0. The van der Waals surface area contributed by atoms with Crippen molar-refractivity contribution in [3.63, 3.8) is 0 Å². The van der Waals surface area contributed by atoms with E-state index in [4.69, 9.17) is 16.7 Å². The van der Waals surface area contributed by atoms with E-state index in [1.165, 1.54) is 0 Å². The van der Waals surface area contributed by atoms with Crippen LogP contribution < -0.4 is 0 Å². The molecule has 0 aromatic heterocycles. The Bertz CT molecular complexity index is 567. The van der Waals surface area contributed by atoms with Crippen LogP contribution in [0.25, 0.3) is 0 Å². The molecule has 1 aliphatic carbocycles. The van der Waals surface area contributed by atoms with Crippen molar-refractivity contribution in [1.29, 1.82) is 0 Å². The second kappa shape index (κ2) is 3.99. The maximum Gasteiger partial charge on any atom is 0.308 e. The Morgan fingerprint density at radius 2 is 2.06 bits per heavy atom. The lowest BCUT2D eigenvalue weighted by atomic mass is 10.1. The van der Waals surface area contributed by atoms with Crippen molar-refractivity contribution in [2.45, 2.75) is 11.2 Å². The average Bonchev–Trinajstić information content (AvgIpc) is 2.91. The number of carbonyl (C=O) groups is 1. The first-order valence-electron chi connectivity index (χ1n) is 4.99. The summed E-state index contributed by atoms with van der Waals surface area (Å²) in [5.74, 6) is -2.42. The van der Waals surface area contributed by atoms with Crippen LogP contribution in [-0.2, 0) is 14.6 Å². The highest BCUT2D eigenvalue weighted by atomic mass is 35.5. The van der Waals surface area contributed by atoms with Gasteiger partial charge in [0.05, 0.1) is 11.2 Å². The molecule has 1 aromatic carbocycles. The second-order valence-electron chi connectivity index (χ2n) is 4.24. The highest BCUT2D eigenvalue weighted by molar-refractivity contribution is 7.91. The third-order valence-electron chi connectivity index (χ3n) is 2.97. The van der Waals surface area contributed by atoms with E-state index in [9.17, 15) is 13.2 Å². The molecule has 0 amide bonds. The first-order chi connectivity index (χ1) is 7.82. The molecule has 1 fully saturated rings. The molecule has 92 valence electrons. The van der Waals surface area contributed by atoms with E-state index in [1.807, 2.05) is 0 Å². The molecule has 3 atom stereocenters. The van der Waals surface area contributed by atoms with E-state index >= 15 is 0 Å². The van der Waals surface area contributed by atoms with Crippen LogP contribution in [0.4, 0.5) is 0 Å². The predicted molar refractivity (Wildman–Crippen MR) is 64.0 cm³/mol. The molecule has 1 aromatic rings. The minimum Gasteiger partial charge on any atom is -0.481 e. The first kappa shape index (κ1) is 12.4. The molecule has 0 unspecified atom stereocenters. The fourth-order valence-corrected chi connectivity index (χ4v) is 4.01. The molecule has 0 bridgehead atoms. The van der Waals surface area contributed by atoms with Crippen molar-refractivity contribution in [2.75, 3.05) is 6.26 Å². The van der Waals surface area contributed by atoms with E-state index in [0.29, 0.717) is 10.6 Å². The number of carboxylic acid groups (broad SMARTS) is 1. The quantitative estimate of drug-likeness (QED) is 0.908. The van der Waals surface area contributed by atoms with Crippen LogP contribution in [0.3, 0.4) is 0 Å². The van der Waals surface area contributed by atoms with E-state index < -0.39 is 32.9 Å². The molecule has 0 spiro atoms. The van der Waals surface area contributed by atoms with Gasteiger partial charge in [0.1, 0.15) is 0 Å². The smallest absolute Gasteiger partial charge is 0.308 e. The zero-order valence-corrected chi connectivity index (χ0v) is 10.6. The Morgan fingerprint density at radius 3 is 2.47 bits per heavy atom. The van der Waals surface area contributed by atoms with Crippen molar-refractivity contribution >= 4 is 27.4 Å². The van der Waals surface area contributed by atoms with Crippen molar-refractivity contribution in [2.24, 2.45) is 5.92 Å². The standard InChI is InChI=1S/C11H11ClO4S/c1-17(15,16)10-8(9(10)11(13)14)6-3-2-4-7(12)5-6/h2-5,8-10H,1H3,(H,13,14)/t8-,9-,10-/m0/s1. The van der Waals surface area contributed by atoms with E-state index in [0.717, 1.165) is 6.26 Å². The van der Waals surface area contributed by atoms with Gasteiger partial charge in [0.2, 0.25) is 0 Å². The summed E-state index contributed by atoms with van der Waals surface area (Å²) in [6, 6.07) is 6.68. The van der Waals surface area contributed by atoms with Crippen LogP contribution in [0.15, 0.2) is 24.3 Å². The van der Waals surface area contributed by atoms with Gasteiger partial charge in [-0.15, -0.1) is 0 Å². The molecule has 1 saturated carbocycles. The minimum absolute atomic E-state index is 0.478. The van der Waals surface area contributed by atoms with Crippen molar-refractivity contribution in [3.8, 4) is 0 Å². The monoisotopic (exact) mass is 274 g/mol. The third-order valence-corrected chi connectivity index (χ3v) is 4.78. The molecule has 17 heavy (non-hydrogen) atoms. The van der Waals surface area contributed by atoms with E-state index in [2.05, 4.69) is 0 Å². The molecule has 1 aliphatic rings. The lowest BCUT2D eigenvalue weighted by molar-refractivity contribution is -0.138. The fourth-order valence-electron chi connectivity index (χ4n) is 2.22. The van der Waals surface area contributed by atoms with Crippen LogP contribution in [0.5, 0.6) is 0 Å². The number of hydrogen-bond acceptors (Lipinski definition) is 3. The number of sulfone groups is 1. The average molecular weight is 275 g/mol. The Hall–Kier alpha value is -1.07. The zero-order chi connectivity index (χ0) is 12.8. The first-order valence-corrected chi connectivity index (χ1v) is 7.33. The molecule has 0 aliphatic heterocycles. The summed E-state index contributed by atoms with van der Waals surface area (Å²) in [5, 5.41) is 8.63. The normalized spacial score (nSPS) is 27.8. The molecule has 4 nitrogen and oxygen atoms in total. The van der Waals surface area contributed by atoms with E-state index in [1.54, 1.807) is 24.3 Å². The van der Waals surface area contributed by atoms with Crippen LogP contribution in [0.2, 0.25) is 5.02 Å². The summed E-state index contributed by atoms with van der Waals surface area (Å²) < 4.78 is 23.0. The predicted octanol–water partition coefficient (Wildman–Crippen LogP) is 1.55. The van der Waals surface area contributed by atoms with Gasteiger partial charge in [-0.25, -0.2) is 8.42 Å². The number of carboxylic acids is 1. The van der Waals surface area contributed by atoms with Gasteiger partial charge in [0.15, 0.2) is 9.84 Å². The van der Waals surface area contributed by atoms with Gasteiger partial charge in [-0.3, -0.25) is 4.79 Å². The van der Waals surface area contributed by atoms with Gasteiger partial charge in [-0.1, -0.05) is 23.7 Å². The summed E-state index contributed by atoms with van der Waals surface area (Å²) in [6.45, 7) is 0. The van der Waals surface area contributed by atoms with Gasteiger partial charge < -0.3 is 5.11 Å². The summed E-state index contributed by atoms with van der Waals surface area (Å²) in [7, 11) is -3.36. The topological polar surface area (TPSA) is 71.4 Å². The molecule has 0 radical (unpaired) electrons. The number of hydrogen-bond donors (Lipinski definition) is 1. The number of halogens is 1. The molecular weight excluding hydrogens is 264 g/mol. The van der Waals surface area contributed by atoms with Gasteiger partial charge in [-0.2, -0.15) is 0 Å². The molecule has 6 heteroatoms. The highest BCUT2D eigenvalue weighted by Crippen LogP contribution is 2.52. The summed E-state index contributed by atoms with van der Waals surface area (Å²) >= 11 is 5.81. The van der Waals surface area contributed by atoms with Gasteiger partial charge >= 0.3 is 5.97 Å². The maximum absolute atomic E-state index is 11.5. The number of aliphatic carboxylic acids is 1. The maximum atomic E-state index is 11.5. The molecule has 1 N–H and O–H groups in total. The Kier molecular flexibility index (Phi) is 2.91. The Morgan fingerprint density at radius 1 is 1.41 bits per heavy atom. The van der Waals surface area contributed by atoms with Crippen LogP contribution in [0, 0.1) is 5.92 Å². The van der Waals surface area contributed by atoms with Gasteiger partial charge in [0, 0.05) is 17.2 Å². The summed E-state index contributed by atoms with van der Waals surface area (Å²) in [5.41, 5.74) is 0.667. The van der Waals surface area contributed by atoms with Crippen molar-refractivity contribution in [3.05, 3.63) is 34.9 Å². The SMILES string of the molecule is CS(=O)(=O)[C@@H]1[C@@H](C(=O)O)[C@@H]1c1cccc(Cl)c1. The molecular formula is C11H11ClO4S. The highest BCUT2D eigenvalue weighted by Gasteiger charge is 2.61. The van der Waals surface area contributed by atoms with Crippen molar-refractivity contribution in [1.82, 2.24) is 0 Å². The Balaban J connectivity index is 2.37. The lowest BCUT2D eigenvalue weighted by Gasteiger charge is -1.99. The van der Waals surface area contributed by atoms with Gasteiger partial charge in [0.25, 0.3) is 0 Å². The second-order valence-corrected chi connectivity index (χ2v) is 6.88. The fraction of sp³-hybridized carbons (Fsp3) is 0.364. The largest absolute Gasteiger partial charge is 0.481 e. The third kappa shape index (κ3) is 2.30. The van der Waals surface area contributed by atoms with Crippen LogP contribution in [0.1, 0.15) is 11.5 Å². The number of benzene rings is 1. The van der Waals surface area contributed by atoms with E-state index in [-0.39, 0.29) is 0 Å². The van der Waals surface area contributed by atoms with Crippen LogP contribution >= 0.6 is 11.6 Å². The summed E-state index contributed by atoms with van der Waals surface area (Å²) in [6.07, 6.45) is 1.07. The van der Waals surface area contributed by atoms with Crippen LogP contribution in [-0.4, -0.2) is 31.0 Å². The number of rotatable bonds is 3.